The van der Waals surface area contributed by atoms with E-state index >= 15 is 0 Å². The summed E-state index contributed by atoms with van der Waals surface area (Å²) in [5, 5.41) is 6.22. The fourth-order valence-corrected chi connectivity index (χ4v) is 1.84. The molecule has 0 saturated carbocycles. The van der Waals surface area contributed by atoms with Gasteiger partial charge in [-0.05, 0) is 44.7 Å². The number of nitrogens with one attached hydrogen (secondary N) is 2. The van der Waals surface area contributed by atoms with Gasteiger partial charge in [-0.2, -0.15) is 11.8 Å². The Morgan fingerprint density at radius 3 is 2.56 bits per heavy atom. The first-order chi connectivity index (χ1) is 7.61. The highest BCUT2D eigenvalue weighted by Crippen LogP contribution is 1.99. The summed E-state index contributed by atoms with van der Waals surface area (Å²) >= 11 is 1.94. The van der Waals surface area contributed by atoms with Gasteiger partial charge in [-0.3, -0.25) is 4.79 Å². The summed E-state index contributed by atoms with van der Waals surface area (Å²) in [6.45, 7) is 9.11. The molecule has 4 heteroatoms. The van der Waals surface area contributed by atoms with Crippen molar-refractivity contribution < 1.29 is 4.79 Å². The van der Waals surface area contributed by atoms with Crippen molar-refractivity contribution in [3.63, 3.8) is 0 Å². The van der Waals surface area contributed by atoms with Crippen molar-refractivity contribution in [1.29, 1.82) is 0 Å². The van der Waals surface area contributed by atoms with E-state index in [0.29, 0.717) is 0 Å². The molecule has 0 aliphatic carbocycles. The molecule has 0 saturated heterocycles. The molecule has 0 fully saturated rings. The van der Waals surface area contributed by atoms with Crippen molar-refractivity contribution in [1.82, 2.24) is 10.6 Å². The molecule has 0 spiro atoms. The number of rotatable bonds is 9. The zero-order valence-corrected chi connectivity index (χ0v) is 11.8. The highest BCUT2D eigenvalue weighted by molar-refractivity contribution is 7.99. The van der Waals surface area contributed by atoms with Crippen LogP contribution in [0, 0.1) is 0 Å². The van der Waals surface area contributed by atoms with Gasteiger partial charge in [0.2, 0.25) is 5.91 Å². The third kappa shape index (κ3) is 7.99. The quantitative estimate of drug-likeness (QED) is 0.612. The topological polar surface area (TPSA) is 41.1 Å². The van der Waals surface area contributed by atoms with E-state index in [2.05, 4.69) is 24.5 Å². The first-order valence-electron chi connectivity index (χ1n) is 6.23. The summed E-state index contributed by atoms with van der Waals surface area (Å²) in [6.07, 6.45) is 2.10. The Bertz CT molecular complexity index is 188. The molecular formula is C12H26N2OS. The van der Waals surface area contributed by atoms with Gasteiger partial charge in [0.05, 0.1) is 6.04 Å². The van der Waals surface area contributed by atoms with Gasteiger partial charge in [-0.15, -0.1) is 0 Å². The Morgan fingerprint density at radius 2 is 2.00 bits per heavy atom. The van der Waals surface area contributed by atoms with Crippen molar-refractivity contribution >= 4 is 17.7 Å². The van der Waals surface area contributed by atoms with Gasteiger partial charge in [0.15, 0.2) is 0 Å². The summed E-state index contributed by atoms with van der Waals surface area (Å²) in [5.41, 5.74) is 0. The predicted octanol–water partition coefficient (Wildman–Crippen LogP) is 2.02. The summed E-state index contributed by atoms with van der Waals surface area (Å²) in [6, 6.07) is 0.188. The highest BCUT2D eigenvalue weighted by Gasteiger charge is 2.12. The van der Waals surface area contributed by atoms with Crippen molar-refractivity contribution in [2.45, 2.75) is 52.6 Å². The van der Waals surface area contributed by atoms with Crippen LogP contribution < -0.4 is 10.6 Å². The Labute approximate surface area is 104 Å². The van der Waals surface area contributed by atoms with Gasteiger partial charge in [-0.1, -0.05) is 13.8 Å². The number of hydrogen-bond acceptors (Lipinski definition) is 3. The molecular weight excluding hydrogens is 220 g/mol. The van der Waals surface area contributed by atoms with Crippen LogP contribution in [0.15, 0.2) is 0 Å². The van der Waals surface area contributed by atoms with Crippen LogP contribution in [0.2, 0.25) is 0 Å². The minimum atomic E-state index is -0.0828. The second kappa shape index (κ2) is 9.97. The predicted molar refractivity (Wildman–Crippen MR) is 73.0 cm³/mol. The molecule has 16 heavy (non-hydrogen) atoms. The number of carbonyl (C=O) groups excluding carboxylic acids is 1. The van der Waals surface area contributed by atoms with Crippen LogP contribution >= 0.6 is 11.8 Å². The van der Waals surface area contributed by atoms with E-state index in [1.54, 1.807) is 0 Å². The average molecular weight is 246 g/mol. The Balaban J connectivity index is 3.55. The minimum absolute atomic E-state index is 0.0828. The van der Waals surface area contributed by atoms with Gasteiger partial charge in [0, 0.05) is 6.04 Å². The molecule has 3 nitrogen and oxygen atoms in total. The number of carbonyl (C=O) groups is 1. The monoisotopic (exact) mass is 246 g/mol. The molecule has 0 aliphatic heterocycles. The maximum atomic E-state index is 11.7. The largest absolute Gasteiger partial charge is 0.352 e. The van der Waals surface area contributed by atoms with E-state index in [0.717, 1.165) is 19.4 Å². The molecule has 2 N–H and O–H groups in total. The van der Waals surface area contributed by atoms with Gasteiger partial charge in [-0.25, -0.2) is 0 Å². The Morgan fingerprint density at radius 1 is 1.31 bits per heavy atom. The Kier molecular flexibility index (Phi) is 9.83. The van der Waals surface area contributed by atoms with Gasteiger partial charge < -0.3 is 10.6 Å². The molecule has 2 atom stereocenters. The lowest BCUT2D eigenvalue weighted by Gasteiger charge is -2.17. The lowest BCUT2D eigenvalue weighted by atomic mass is 10.2. The normalized spacial score (nSPS) is 14.5. The number of thioether (sulfide) groups is 1. The third-order valence-electron chi connectivity index (χ3n) is 2.51. The molecule has 0 rings (SSSR count). The number of hydrogen-bond donors (Lipinski definition) is 2. The number of amides is 1. The van der Waals surface area contributed by atoms with Crippen LogP contribution in [-0.2, 0) is 4.79 Å². The second-order valence-corrected chi connectivity index (χ2v) is 5.44. The standard InChI is InChI=1S/C12H26N2OS/c1-5-10(3)14-12(15)11(4)13-8-7-9-16-6-2/h10-11,13H,5-9H2,1-4H3,(H,14,15). The van der Waals surface area contributed by atoms with Crippen LogP contribution in [0.3, 0.4) is 0 Å². The molecule has 2 unspecified atom stereocenters. The first-order valence-corrected chi connectivity index (χ1v) is 7.38. The molecule has 0 aliphatic rings. The van der Waals surface area contributed by atoms with Gasteiger partial charge >= 0.3 is 0 Å². The summed E-state index contributed by atoms with van der Waals surface area (Å²) < 4.78 is 0. The van der Waals surface area contributed by atoms with Crippen LogP contribution in [0.5, 0.6) is 0 Å². The minimum Gasteiger partial charge on any atom is -0.352 e. The van der Waals surface area contributed by atoms with E-state index in [1.807, 2.05) is 25.6 Å². The molecule has 0 aromatic heterocycles. The van der Waals surface area contributed by atoms with Gasteiger partial charge in [0.1, 0.15) is 0 Å². The fourth-order valence-electron chi connectivity index (χ4n) is 1.20. The van der Waals surface area contributed by atoms with E-state index in [-0.39, 0.29) is 18.0 Å². The van der Waals surface area contributed by atoms with Crippen LogP contribution in [0.25, 0.3) is 0 Å². The fraction of sp³-hybridized carbons (Fsp3) is 0.917. The zero-order valence-electron chi connectivity index (χ0n) is 11.0. The molecule has 0 bridgehead atoms. The SMILES string of the molecule is CCSCCCNC(C)C(=O)NC(C)CC. The van der Waals surface area contributed by atoms with E-state index in [1.165, 1.54) is 11.5 Å². The first kappa shape index (κ1) is 15.8. The average Bonchev–Trinajstić information content (AvgIpc) is 2.28. The van der Waals surface area contributed by atoms with Crippen molar-refractivity contribution in [2.75, 3.05) is 18.1 Å². The van der Waals surface area contributed by atoms with Crippen LogP contribution in [-0.4, -0.2) is 36.0 Å². The smallest absolute Gasteiger partial charge is 0.237 e. The Hall–Kier alpha value is -0.220. The lowest BCUT2D eigenvalue weighted by Crippen LogP contribution is -2.45. The molecule has 0 aromatic rings. The molecule has 0 aromatic carbocycles. The molecule has 0 heterocycles. The molecule has 0 radical (unpaired) electrons. The molecule has 1 amide bonds. The maximum Gasteiger partial charge on any atom is 0.237 e. The summed E-state index contributed by atoms with van der Waals surface area (Å²) in [7, 11) is 0. The van der Waals surface area contributed by atoms with Gasteiger partial charge in [0.25, 0.3) is 0 Å². The van der Waals surface area contributed by atoms with Crippen molar-refractivity contribution in [3.8, 4) is 0 Å². The van der Waals surface area contributed by atoms with Crippen molar-refractivity contribution in [3.05, 3.63) is 0 Å². The third-order valence-corrected chi connectivity index (χ3v) is 3.50. The van der Waals surface area contributed by atoms with E-state index in [4.69, 9.17) is 0 Å². The maximum absolute atomic E-state index is 11.7. The van der Waals surface area contributed by atoms with E-state index < -0.39 is 0 Å². The second-order valence-electron chi connectivity index (χ2n) is 4.04. The van der Waals surface area contributed by atoms with Crippen molar-refractivity contribution in [2.24, 2.45) is 0 Å². The highest BCUT2D eigenvalue weighted by atomic mass is 32.2. The van der Waals surface area contributed by atoms with Crippen LogP contribution in [0.1, 0.15) is 40.5 Å². The lowest BCUT2D eigenvalue weighted by molar-refractivity contribution is -0.123. The molecule has 96 valence electrons. The van der Waals surface area contributed by atoms with E-state index in [9.17, 15) is 4.79 Å². The zero-order chi connectivity index (χ0) is 12.4. The summed E-state index contributed by atoms with van der Waals surface area (Å²) in [4.78, 5) is 11.7. The summed E-state index contributed by atoms with van der Waals surface area (Å²) in [5.74, 6) is 2.45. The van der Waals surface area contributed by atoms with Crippen LogP contribution in [0.4, 0.5) is 0 Å².